The zero-order valence-electron chi connectivity index (χ0n) is 15.5. The number of nitrogens with one attached hydrogen (secondary N) is 2. The maximum Gasteiger partial charge on any atom is 0.170 e. The Kier molecular flexibility index (Phi) is 8.25. The van der Waals surface area contributed by atoms with E-state index in [1.54, 1.807) is 23.9 Å². The molecule has 28 heavy (non-hydrogen) atoms. The second kappa shape index (κ2) is 10.9. The number of thioether (sulfide) groups is 1. The fourth-order valence-corrected chi connectivity index (χ4v) is 4.49. The zero-order valence-corrected chi connectivity index (χ0v) is 17.9. The number of hydrogen-bond donors (Lipinski definition) is 2. The van der Waals surface area contributed by atoms with Crippen molar-refractivity contribution >= 4 is 46.4 Å². The van der Waals surface area contributed by atoms with Crippen LogP contribution >= 0.6 is 35.6 Å². The summed E-state index contributed by atoms with van der Waals surface area (Å²) in [5, 5.41) is 7.36. The van der Waals surface area contributed by atoms with Crippen LogP contribution in [0.1, 0.15) is 31.2 Å². The van der Waals surface area contributed by atoms with Crippen molar-refractivity contribution in [2.75, 3.05) is 17.6 Å². The highest BCUT2D eigenvalue weighted by atomic mass is 35.5. The molecule has 0 saturated heterocycles. The molecule has 0 amide bonds. The van der Waals surface area contributed by atoms with Crippen LogP contribution in [0.25, 0.3) is 0 Å². The molecule has 3 nitrogen and oxygen atoms in total. The molecule has 2 aromatic rings. The maximum atomic E-state index is 13.7. The first kappa shape index (κ1) is 21.2. The molecular weight excluding hydrogens is 415 g/mol. The van der Waals surface area contributed by atoms with Gasteiger partial charge in [0, 0.05) is 34.3 Å². The molecule has 1 fully saturated rings. The molecule has 3 rings (SSSR count). The van der Waals surface area contributed by atoms with E-state index in [0.29, 0.717) is 34.1 Å². The third-order valence-electron chi connectivity index (χ3n) is 4.56. The van der Waals surface area contributed by atoms with Crippen molar-refractivity contribution in [3.63, 3.8) is 0 Å². The number of anilines is 1. The van der Waals surface area contributed by atoms with Crippen molar-refractivity contribution in [1.29, 1.82) is 0 Å². The first-order valence-corrected chi connectivity index (χ1v) is 11.4. The molecule has 150 valence electrons. The van der Waals surface area contributed by atoms with Crippen molar-refractivity contribution in [3.8, 4) is 5.75 Å². The van der Waals surface area contributed by atoms with Crippen molar-refractivity contribution in [3.05, 3.63) is 58.9 Å². The molecule has 0 unspecified atom stereocenters. The van der Waals surface area contributed by atoms with Crippen LogP contribution in [0.4, 0.5) is 10.1 Å². The quantitative estimate of drug-likeness (QED) is 0.389. The number of benzene rings is 2. The van der Waals surface area contributed by atoms with Gasteiger partial charge in [-0.3, -0.25) is 0 Å². The van der Waals surface area contributed by atoms with Crippen LogP contribution in [-0.2, 0) is 5.75 Å². The average molecular weight is 439 g/mol. The lowest BCUT2D eigenvalue weighted by Crippen LogP contribution is -2.30. The molecule has 2 aromatic carbocycles. The standard InChI is InChI=1S/C21H24ClFN2OS2/c22-19-6-3-7-20(23)18(19)14-28-13-12-24-21(27)25-15-8-10-17(11-9-15)26-16-4-1-2-5-16/h3,6-11,16H,1-2,4-5,12-14H2,(H2,24,25,27). The monoisotopic (exact) mass is 438 g/mol. The Bertz CT molecular complexity index is 762. The molecule has 0 bridgehead atoms. The Labute approximate surface area is 180 Å². The van der Waals surface area contributed by atoms with Crippen LogP contribution in [0.3, 0.4) is 0 Å². The van der Waals surface area contributed by atoms with E-state index in [9.17, 15) is 4.39 Å². The van der Waals surface area contributed by atoms with E-state index < -0.39 is 0 Å². The number of hydrogen-bond acceptors (Lipinski definition) is 3. The van der Waals surface area contributed by atoms with Crippen LogP contribution < -0.4 is 15.4 Å². The summed E-state index contributed by atoms with van der Waals surface area (Å²) in [6.07, 6.45) is 5.18. The molecule has 0 radical (unpaired) electrons. The van der Waals surface area contributed by atoms with E-state index in [-0.39, 0.29) is 5.82 Å². The van der Waals surface area contributed by atoms with Gasteiger partial charge in [-0.05, 0) is 74.3 Å². The number of thiocarbonyl (C=S) groups is 1. The molecule has 1 aliphatic rings. The van der Waals surface area contributed by atoms with Crippen molar-refractivity contribution in [2.24, 2.45) is 0 Å². The maximum absolute atomic E-state index is 13.7. The van der Waals surface area contributed by atoms with Crippen LogP contribution in [0.15, 0.2) is 42.5 Å². The normalized spacial score (nSPS) is 14.1. The van der Waals surface area contributed by atoms with Crippen molar-refractivity contribution < 1.29 is 9.13 Å². The fraction of sp³-hybridized carbons (Fsp3) is 0.381. The highest BCUT2D eigenvalue weighted by Gasteiger charge is 2.16. The van der Waals surface area contributed by atoms with Gasteiger partial charge < -0.3 is 15.4 Å². The predicted octanol–water partition coefficient (Wildman–Crippen LogP) is 6.02. The van der Waals surface area contributed by atoms with Crippen LogP contribution in [0, 0.1) is 5.82 Å². The lowest BCUT2D eigenvalue weighted by atomic mass is 10.2. The fourth-order valence-electron chi connectivity index (χ4n) is 3.07. The molecule has 0 spiro atoms. The first-order chi connectivity index (χ1) is 13.6. The summed E-state index contributed by atoms with van der Waals surface area (Å²) >= 11 is 13.0. The smallest absolute Gasteiger partial charge is 0.170 e. The van der Waals surface area contributed by atoms with Gasteiger partial charge in [0.05, 0.1) is 6.10 Å². The minimum absolute atomic E-state index is 0.259. The first-order valence-electron chi connectivity index (χ1n) is 9.44. The summed E-state index contributed by atoms with van der Waals surface area (Å²) in [5.74, 6) is 1.97. The molecule has 1 aliphatic carbocycles. The predicted molar refractivity (Wildman–Crippen MR) is 121 cm³/mol. The molecule has 2 N–H and O–H groups in total. The highest BCUT2D eigenvalue weighted by Crippen LogP contribution is 2.25. The van der Waals surface area contributed by atoms with E-state index >= 15 is 0 Å². The summed E-state index contributed by atoms with van der Waals surface area (Å²) in [7, 11) is 0. The van der Waals surface area contributed by atoms with E-state index in [1.165, 1.54) is 18.9 Å². The highest BCUT2D eigenvalue weighted by molar-refractivity contribution is 7.98. The number of ether oxygens (including phenoxy) is 1. The topological polar surface area (TPSA) is 33.3 Å². The van der Waals surface area contributed by atoms with Crippen LogP contribution in [0.5, 0.6) is 5.75 Å². The average Bonchev–Trinajstić information content (AvgIpc) is 3.18. The van der Waals surface area contributed by atoms with Crippen molar-refractivity contribution in [2.45, 2.75) is 37.5 Å². The molecule has 0 heterocycles. The van der Waals surface area contributed by atoms with Crippen LogP contribution in [-0.4, -0.2) is 23.5 Å². The largest absolute Gasteiger partial charge is 0.490 e. The second-order valence-electron chi connectivity index (χ2n) is 6.68. The summed E-state index contributed by atoms with van der Waals surface area (Å²) < 4.78 is 19.7. The summed E-state index contributed by atoms with van der Waals surface area (Å²) in [6, 6.07) is 12.6. The lowest BCUT2D eigenvalue weighted by Gasteiger charge is -2.14. The van der Waals surface area contributed by atoms with Gasteiger partial charge in [0.1, 0.15) is 11.6 Å². The summed E-state index contributed by atoms with van der Waals surface area (Å²) in [6.45, 7) is 0.686. The van der Waals surface area contributed by atoms with Gasteiger partial charge in [0.2, 0.25) is 0 Å². The number of halogens is 2. The lowest BCUT2D eigenvalue weighted by molar-refractivity contribution is 0.210. The summed E-state index contributed by atoms with van der Waals surface area (Å²) in [4.78, 5) is 0. The Morgan fingerprint density at radius 1 is 1.18 bits per heavy atom. The minimum atomic E-state index is -0.259. The van der Waals surface area contributed by atoms with Crippen LogP contribution in [0.2, 0.25) is 5.02 Å². The zero-order chi connectivity index (χ0) is 19.8. The van der Waals surface area contributed by atoms with Gasteiger partial charge >= 0.3 is 0 Å². The van der Waals surface area contributed by atoms with Gasteiger partial charge in [-0.15, -0.1) is 0 Å². The molecule has 1 saturated carbocycles. The third kappa shape index (κ3) is 6.54. The number of rotatable bonds is 8. The van der Waals surface area contributed by atoms with Crippen molar-refractivity contribution in [1.82, 2.24) is 5.32 Å². The SMILES string of the molecule is Fc1cccc(Cl)c1CSCCNC(=S)Nc1ccc(OC2CCCC2)cc1. The van der Waals surface area contributed by atoms with Gasteiger partial charge in [-0.2, -0.15) is 11.8 Å². The molecule has 0 aliphatic heterocycles. The molecule has 0 aromatic heterocycles. The van der Waals surface area contributed by atoms with Gasteiger partial charge in [0.15, 0.2) is 5.11 Å². The summed E-state index contributed by atoms with van der Waals surface area (Å²) in [5.41, 5.74) is 1.47. The third-order valence-corrected chi connectivity index (χ3v) is 6.14. The molecular formula is C21H24ClFN2OS2. The minimum Gasteiger partial charge on any atom is -0.490 e. The Balaban J connectivity index is 1.34. The molecule has 0 atom stereocenters. The van der Waals surface area contributed by atoms with Gasteiger partial charge in [-0.1, -0.05) is 17.7 Å². The van der Waals surface area contributed by atoms with E-state index in [4.69, 9.17) is 28.6 Å². The Hall–Kier alpha value is -1.50. The Morgan fingerprint density at radius 2 is 1.93 bits per heavy atom. The van der Waals surface area contributed by atoms with Gasteiger partial charge in [-0.25, -0.2) is 4.39 Å². The van der Waals surface area contributed by atoms with E-state index in [2.05, 4.69) is 10.6 Å². The van der Waals surface area contributed by atoms with Gasteiger partial charge in [0.25, 0.3) is 0 Å². The van der Waals surface area contributed by atoms with E-state index in [1.807, 2.05) is 24.3 Å². The Morgan fingerprint density at radius 3 is 2.64 bits per heavy atom. The van der Waals surface area contributed by atoms with E-state index in [0.717, 1.165) is 30.0 Å². The second-order valence-corrected chi connectivity index (χ2v) is 8.60. The molecule has 7 heteroatoms.